The number of hydrogen-bond donors (Lipinski definition) is 1. The maximum atomic E-state index is 10.4. The molecule has 0 spiro atoms. The number of carboxylic acids is 1. The van der Waals surface area contributed by atoms with E-state index in [2.05, 4.69) is 13.8 Å². The third-order valence-electron chi connectivity index (χ3n) is 2.77. The van der Waals surface area contributed by atoms with E-state index >= 15 is 0 Å². The lowest BCUT2D eigenvalue weighted by atomic mass is 10.0. The molecule has 0 saturated carbocycles. The zero-order chi connectivity index (χ0) is 12.9. The standard InChI is InChI=1S/C15H26O2/c1-3-5-7-10-14(11-8-6-4-2)12-9-13-15(16)17/h9,12-13H,3-8,10-11H2,1-2H3,(H,16,17)/b13-9+. The minimum atomic E-state index is -0.872. The number of hydrogen-bond acceptors (Lipinski definition) is 1. The van der Waals surface area contributed by atoms with Crippen molar-refractivity contribution in [2.75, 3.05) is 0 Å². The average molecular weight is 238 g/mol. The summed E-state index contributed by atoms with van der Waals surface area (Å²) in [6, 6.07) is 0. The van der Waals surface area contributed by atoms with Gasteiger partial charge in [-0.2, -0.15) is 0 Å². The Morgan fingerprint density at radius 1 is 1.00 bits per heavy atom. The first kappa shape index (κ1) is 16.0. The molecule has 1 N–H and O–H groups in total. The Kier molecular flexibility index (Phi) is 10.7. The van der Waals surface area contributed by atoms with E-state index in [4.69, 9.17) is 5.11 Å². The van der Waals surface area contributed by atoms with Gasteiger partial charge in [0.2, 0.25) is 0 Å². The number of aliphatic carboxylic acids is 1. The molecule has 0 atom stereocenters. The summed E-state index contributed by atoms with van der Waals surface area (Å²) < 4.78 is 0. The molecule has 0 aliphatic carbocycles. The molecule has 0 bridgehead atoms. The highest BCUT2D eigenvalue weighted by molar-refractivity contribution is 5.80. The molecule has 0 radical (unpaired) electrons. The van der Waals surface area contributed by atoms with Crippen LogP contribution in [-0.4, -0.2) is 11.1 Å². The van der Waals surface area contributed by atoms with Crippen LogP contribution in [0.2, 0.25) is 0 Å². The van der Waals surface area contributed by atoms with E-state index in [-0.39, 0.29) is 0 Å². The number of rotatable bonds is 10. The molecule has 0 unspecified atom stereocenters. The lowest BCUT2D eigenvalue weighted by molar-refractivity contribution is -0.131. The van der Waals surface area contributed by atoms with Crippen molar-refractivity contribution in [3.63, 3.8) is 0 Å². The van der Waals surface area contributed by atoms with Crippen LogP contribution < -0.4 is 0 Å². The first-order chi connectivity index (χ1) is 8.20. The predicted molar refractivity (Wildman–Crippen MR) is 73.1 cm³/mol. The van der Waals surface area contributed by atoms with Crippen molar-refractivity contribution in [3.05, 3.63) is 23.8 Å². The van der Waals surface area contributed by atoms with Gasteiger partial charge < -0.3 is 5.11 Å². The third kappa shape index (κ3) is 11.2. The summed E-state index contributed by atoms with van der Waals surface area (Å²) in [6.45, 7) is 4.40. The van der Waals surface area contributed by atoms with Gasteiger partial charge in [-0.3, -0.25) is 0 Å². The van der Waals surface area contributed by atoms with E-state index in [1.54, 1.807) is 6.08 Å². The second-order valence-corrected chi connectivity index (χ2v) is 4.44. The fourth-order valence-electron chi connectivity index (χ4n) is 1.76. The van der Waals surface area contributed by atoms with Gasteiger partial charge in [0.1, 0.15) is 0 Å². The highest BCUT2D eigenvalue weighted by Crippen LogP contribution is 2.16. The van der Waals surface area contributed by atoms with Gasteiger partial charge in [-0.05, 0) is 25.7 Å². The fourth-order valence-corrected chi connectivity index (χ4v) is 1.76. The molecule has 2 heteroatoms. The van der Waals surface area contributed by atoms with Crippen LogP contribution in [-0.2, 0) is 4.79 Å². The van der Waals surface area contributed by atoms with Crippen LogP contribution in [0.3, 0.4) is 0 Å². The predicted octanol–water partition coefficient (Wildman–Crippen LogP) is 4.71. The van der Waals surface area contributed by atoms with Crippen molar-refractivity contribution in [1.29, 1.82) is 0 Å². The molecule has 0 fully saturated rings. The van der Waals surface area contributed by atoms with Crippen molar-refractivity contribution in [2.24, 2.45) is 0 Å². The van der Waals surface area contributed by atoms with E-state index in [0.717, 1.165) is 12.8 Å². The van der Waals surface area contributed by atoms with Crippen molar-refractivity contribution in [1.82, 2.24) is 0 Å². The Labute approximate surface area is 105 Å². The van der Waals surface area contributed by atoms with Gasteiger partial charge in [0.15, 0.2) is 0 Å². The molecule has 0 aromatic rings. The van der Waals surface area contributed by atoms with Gasteiger partial charge in [0.25, 0.3) is 0 Å². The SMILES string of the molecule is CCCCCC(=C/C=C/C(=O)O)CCCCC. The number of allylic oxidation sites excluding steroid dienone is 3. The summed E-state index contributed by atoms with van der Waals surface area (Å²) >= 11 is 0. The summed E-state index contributed by atoms with van der Waals surface area (Å²) in [6.07, 6.45) is 14.5. The molecule has 0 aliphatic rings. The average Bonchev–Trinajstić information content (AvgIpc) is 2.28. The highest BCUT2D eigenvalue weighted by atomic mass is 16.4. The quantitative estimate of drug-likeness (QED) is 0.340. The van der Waals surface area contributed by atoms with E-state index in [9.17, 15) is 4.79 Å². The normalized spacial score (nSPS) is 10.7. The number of carbonyl (C=O) groups is 1. The smallest absolute Gasteiger partial charge is 0.328 e. The van der Waals surface area contributed by atoms with Crippen LogP contribution in [0.15, 0.2) is 23.8 Å². The van der Waals surface area contributed by atoms with E-state index < -0.39 is 5.97 Å². The van der Waals surface area contributed by atoms with Crippen LogP contribution in [0.25, 0.3) is 0 Å². The van der Waals surface area contributed by atoms with Crippen molar-refractivity contribution < 1.29 is 9.90 Å². The summed E-state index contributed by atoms with van der Waals surface area (Å²) in [5, 5.41) is 8.54. The highest BCUT2D eigenvalue weighted by Gasteiger charge is 1.97. The second kappa shape index (κ2) is 11.4. The zero-order valence-corrected chi connectivity index (χ0v) is 11.2. The molecule has 0 rings (SSSR count). The Hall–Kier alpha value is -1.05. The third-order valence-corrected chi connectivity index (χ3v) is 2.77. The Morgan fingerprint density at radius 3 is 1.94 bits per heavy atom. The summed E-state index contributed by atoms with van der Waals surface area (Å²) in [5.41, 5.74) is 1.39. The molecular weight excluding hydrogens is 212 g/mol. The van der Waals surface area contributed by atoms with Crippen LogP contribution in [0, 0.1) is 0 Å². The Morgan fingerprint density at radius 2 is 1.53 bits per heavy atom. The van der Waals surface area contributed by atoms with Crippen LogP contribution in [0.1, 0.15) is 65.2 Å². The van der Waals surface area contributed by atoms with Crippen LogP contribution in [0.5, 0.6) is 0 Å². The summed E-state index contributed by atoms with van der Waals surface area (Å²) in [7, 11) is 0. The van der Waals surface area contributed by atoms with Crippen molar-refractivity contribution >= 4 is 5.97 Å². The van der Waals surface area contributed by atoms with Crippen molar-refractivity contribution in [3.8, 4) is 0 Å². The topological polar surface area (TPSA) is 37.3 Å². The molecule has 2 nitrogen and oxygen atoms in total. The maximum Gasteiger partial charge on any atom is 0.328 e. The Balaban J connectivity index is 4.12. The molecular formula is C15H26O2. The van der Waals surface area contributed by atoms with Gasteiger partial charge >= 0.3 is 5.97 Å². The number of carboxylic acid groups (broad SMARTS) is 1. The molecule has 0 saturated heterocycles. The van der Waals surface area contributed by atoms with Gasteiger partial charge in [-0.15, -0.1) is 0 Å². The van der Waals surface area contributed by atoms with Gasteiger partial charge in [0, 0.05) is 6.08 Å². The van der Waals surface area contributed by atoms with Gasteiger partial charge in [-0.1, -0.05) is 57.3 Å². The van der Waals surface area contributed by atoms with E-state index in [0.29, 0.717) is 0 Å². The zero-order valence-electron chi connectivity index (χ0n) is 11.2. The molecule has 0 aromatic heterocycles. The molecule has 17 heavy (non-hydrogen) atoms. The Bertz CT molecular complexity index is 240. The van der Waals surface area contributed by atoms with Crippen LogP contribution >= 0.6 is 0 Å². The maximum absolute atomic E-state index is 10.4. The van der Waals surface area contributed by atoms with Gasteiger partial charge in [-0.25, -0.2) is 4.79 Å². The summed E-state index contributed by atoms with van der Waals surface area (Å²) in [5.74, 6) is -0.872. The molecule has 0 aliphatic heterocycles. The van der Waals surface area contributed by atoms with Crippen LogP contribution in [0.4, 0.5) is 0 Å². The minimum absolute atomic E-state index is 0.872. The largest absolute Gasteiger partial charge is 0.478 e. The first-order valence-electron chi connectivity index (χ1n) is 6.79. The van der Waals surface area contributed by atoms with E-state index in [1.807, 2.05) is 6.08 Å². The molecule has 0 amide bonds. The lowest BCUT2D eigenvalue weighted by Crippen LogP contribution is -1.88. The van der Waals surface area contributed by atoms with Gasteiger partial charge in [0.05, 0.1) is 0 Å². The first-order valence-corrected chi connectivity index (χ1v) is 6.79. The molecule has 98 valence electrons. The molecule has 0 heterocycles. The molecule has 0 aromatic carbocycles. The second-order valence-electron chi connectivity index (χ2n) is 4.44. The van der Waals surface area contributed by atoms with Crippen molar-refractivity contribution in [2.45, 2.75) is 65.2 Å². The lowest BCUT2D eigenvalue weighted by Gasteiger charge is -2.06. The monoisotopic (exact) mass is 238 g/mol. The van der Waals surface area contributed by atoms with E-state index in [1.165, 1.54) is 50.2 Å². The fraction of sp³-hybridized carbons (Fsp3) is 0.667. The summed E-state index contributed by atoms with van der Waals surface area (Å²) in [4.78, 5) is 10.4. The number of unbranched alkanes of at least 4 members (excludes halogenated alkanes) is 4. The minimum Gasteiger partial charge on any atom is -0.478 e.